The van der Waals surface area contributed by atoms with Crippen molar-refractivity contribution in [2.24, 2.45) is 0 Å². The summed E-state index contributed by atoms with van der Waals surface area (Å²) in [6, 6.07) is 8.10. The first kappa shape index (κ1) is 21.5. The summed E-state index contributed by atoms with van der Waals surface area (Å²) in [5.41, 5.74) is 4.00. The summed E-state index contributed by atoms with van der Waals surface area (Å²) in [5.74, 6) is 0.412. The van der Waals surface area contributed by atoms with E-state index in [0.29, 0.717) is 27.7 Å². The molecule has 2 aliphatic rings. The summed E-state index contributed by atoms with van der Waals surface area (Å²) in [7, 11) is 0. The van der Waals surface area contributed by atoms with E-state index in [0.717, 1.165) is 29.8 Å². The molecule has 3 N–H and O–H groups in total. The molecule has 1 fully saturated rings. The molecule has 32 heavy (non-hydrogen) atoms. The number of aromatic nitrogens is 2. The highest BCUT2D eigenvalue weighted by atomic mass is 35.5. The highest BCUT2D eigenvalue weighted by Gasteiger charge is 2.28. The second-order valence-corrected chi connectivity index (χ2v) is 10.0. The first-order chi connectivity index (χ1) is 15.5. The van der Waals surface area contributed by atoms with Crippen LogP contribution < -0.4 is 10.6 Å². The minimum atomic E-state index is -0.421. The van der Waals surface area contributed by atoms with Gasteiger partial charge in [-0.3, -0.25) is 4.79 Å². The van der Waals surface area contributed by atoms with E-state index < -0.39 is 6.10 Å². The van der Waals surface area contributed by atoms with Crippen molar-refractivity contribution >= 4 is 34.5 Å². The topological polar surface area (TPSA) is 87.1 Å². The maximum absolute atomic E-state index is 13.4. The monoisotopic (exact) mass is 467 g/mol. The lowest BCUT2D eigenvalue weighted by molar-refractivity contribution is 0.104. The van der Waals surface area contributed by atoms with Crippen LogP contribution in [-0.4, -0.2) is 39.5 Å². The molecule has 0 bridgehead atoms. The van der Waals surface area contributed by atoms with Crippen LogP contribution in [-0.2, 0) is 6.42 Å². The molecule has 1 aliphatic carbocycles. The molecule has 0 amide bonds. The number of hydrogen-bond donors (Lipinski definition) is 3. The minimum absolute atomic E-state index is 0.00961. The summed E-state index contributed by atoms with van der Waals surface area (Å²) < 4.78 is 0. The first-order valence-electron chi connectivity index (χ1n) is 10.7. The second-order valence-electron chi connectivity index (χ2n) is 8.33. The fourth-order valence-electron chi connectivity index (χ4n) is 4.56. The van der Waals surface area contributed by atoms with E-state index in [1.165, 1.54) is 28.8 Å². The van der Waals surface area contributed by atoms with Crippen LogP contribution in [0.3, 0.4) is 0 Å². The standard InChI is InChI=1S/C24H24ClN4O2S/c1-13-18(22-19-8-15(25)3-2-14(19)6-7-27-22)10-21(32-13)23(31)20-11-26-12-28-24(20)29-16-4-5-17(30)9-16/h2-3,5,8,10-12,16-17,22,27,30H,4,6-7,9H2,1H3,(H,26,28,29)/t16-,17+,22+/m1/s1. The summed E-state index contributed by atoms with van der Waals surface area (Å²) in [6.07, 6.45) is 6.75. The number of aliphatic hydroxyl groups excluding tert-OH is 1. The number of ketones is 1. The number of benzene rings is 1. The van der Waals surface area contributed by atoms with E-state index in [9.17, 15) is 9.90 Å². The van der Waals surface area contributed by atoms with Crippen molar-refractivity contribution in [3.63, 3.8) is 0 Å². The van der Waals surface area contributed by atoms with Crippen molar-refractivity contribution in [2.75, 3.05) is 11.9 Å². The van der Waals surface area contributed by atoms with Crippen molar-refractivity contribution in [3.05, 3.63) is 80.2 Å². The number of thiophene rings is 1. The van der Waals surface area contributed by atoms with E-state index >= 15 is 0 Å². The fourth-order valence-corrected chi connectivity index (χ4v) is 5.75. The largest absolute Gasteiger partial charge is 0.393 e. The van der Waals surface area contributed by atoms with Gasteiger partial charge in [0.1, 0.15) is 12.1 Å². The number of halogens is 1. The zero-order chi connectivity index (χ0) is 22.2. The van der Waals surface area contributed by atoms with Crippen molar-refractivity contribution in [3.8, 4) is 0 Å². The number of carbonyl (C=O) groups excluding carboxylic acids is 1. The van der Waals surface area contributed by atoms with Crippen molar-refractivity contribution in [1.29, 1.82) is 0 Å². The van der Waals surface area contributed by atoms with Crippen LogP contribution in [0, 0.1) is 13.3 Å². The molecule has 1 aromatic carbocycles. The smallest absolute Gasteiger partial charge is 0.208 e. The average Bonchev–Trinajstić information content (AvgIpc) is 3.38. The number of aryl methyl sites for hydroxylation is 1. The normalized spacial score (nSPS) is 22.5. The van der Waals surface area contributed by atoms with Gasteiger partial charge in [-0.25, -0.2) is 9.97 Å². The van der Waals surface area contributed by atoms with Crippen LogP contribution in [0.2, 0.25) is 5.02 Å². The number of nitrogens with zero attached hydrogens (tertiary/aromatic N) is 2. The summed E-state index contributed by atoms with van der Waals surface area (Å²) >= 11 is 7.77. The number of rotatable bonds is 5. The van der Waals surface area contributed by atoms with Gasteiger partial charge < -0.3 is 15.7 Å². The van der Waals surface area contributed by atoms with Gasteiger partial charge in [0.05, 0.1) is 22.6 Å². The molecule has 3 atom stereocenters. The molecule has 1 aliphatic heterocycles. The van der Waals surface area contributed by atoms with Crippen molar-refractivity contribution < 1.29 is 9.90 Å². The van der Waals surface area contributed by atoms with Gasteiger partial charge in [0.15, 0.2) is 0 Å². The number of aliphatic hydroxyl groups is 1. The quantitative estimate of drug-likeness (QED) is 0.489. The van der Waals surface area contributed by atoms with Crippen molar-refractivity contribution in [1.82, 2.24) is 15.3 Å². The van der Waals surface area contributed by atoms with Gasteiger partial charge in [-0.1, -0.05) is 17.7 Å². The fraction of sp³-hybridized carbons (Fsp3) is 0.333. The maximum atomic E-state index is 13.4. The Morgan fingerprint density at radius 2 is 2.19 bits per heavy atom. The molecule has 2 aromatic heterocycles. The number of hydrogen-bond acceptors (Lipinski definition) is 7. The molecule has 8 heteroatoms. The Morgan fingerprint density at radius 3 is 3.00 bits per heavy atom. The van der Waals surface area contributed by atoms with Gasteiger partial charge in [0.2, 0.25) is 5.78 Å². The highest BCUT2D eigenvalue weighted by molar-refractivity contribution is 7.14. The lowest BCUT2D eigenvalue weighted by Crippen LogP contribution is -2.30. The first-order valence-corrected chi connectivity index (χ1v) is 11.9. The predicted molar refractivity (Wildman–Crippen MR) is 126 cm³/mol. The Labute approximate surface area is 196 Å². The van der Waals surface area contributed by atoms with Gasteiger partial charge >= 0.3 is 0 Å². The Bertz CT molecular complexity index is 1160. The maximum Gasteiger partial charge on any atom is 0.208 e. The van der Waals surface area contributed by atoms with E-state index in [4.69, 9.17) is 11.6 Å². The summed E-state index contributed by atoms with van der Waals surface area (Å²) in [6.45, 7) is 2.93. The van der Waals surface area contributed by atoms with Crippen LogP contribution in [0.4, 0.5) is 5.82 Å². The summed E-state index contributed by atoms with van der Waals surface area (Å²) in [5, 5.41) is 17.4. The molecule has 0 saturated heterocycles. The van der Waals surface area contributed by atoms with Gasteiger partial charge in [0, 0.05) is 28.7 Å². The van der Waals surface area contributed by atoms with Crippen LogP contribution in [0.1, 0.15) is 55.7 Å². The molecule has 1 radical (unpaired) electrons. The van der Waals surface area contributed by atoms with Crippen LogP contribution in [0.5, 0.6) is 0 Å². The average molecular weight is 468 g/mol. The molecule has 1 saturated carbocycles. The molecule has 0 unspecified atom stereocenters. The third-order valence-electron chi connectivity index (χ3n) is 6.17. The van der Waals surface area contributed by atoms with Gasteiger partial charge in [-0.2, -0.15) is 0 Å². The van der Waals surface area contributed by atoms with Crippen LogP contribution >= 0.6 is 22.9 Å². The molecule has 165 valence electrons. The SMILES string of the molecule is Cc1sc(C(=O)c2cncnc2N[C@@H]2C[CH][C@H](O)C2)cc1[C@@H]1NCCc2ccc(Cl)cc21. The molecule has 0 spiro atoms. The van der Waals surface area contributed by atoms with Gasteiger partial charge in [-0.05, 0) is 67.5 Å². The third kappa shape index (κ3) is 4.18. The Kier molecular flexibility index (Phi) is 5.99. The third-order valence-corrected chi connectivity index (χ3v) is 7.47. The molecular weight excluding hydrogens is 444 g/mol. The summed E-state index contributed by atoms with van der Waals surface area (Å²) in [4.78, 5) is 23.6. The van der Waals surface area contributed by atoms with Gasteiger partial charge in [-0.15, -0.1) is 11.3 Å². The van der Waals surface area contributed by atoms with E-state index in [-0.39, 0.29) is 17.9 Å². The zero-order valence-corrected chi connectivity index (χ0v) is 19.2. The Morgan fingerprint density at radius 1 is 1.31 bits per heavy atom. The number of carbonyl (C=O) groups is 1. The minimum Gasteiger partial charge on any atom is -0.393 e. The Balaban J connectivity index is 1.44. The lowest BCUT2D eigenvalue weighted by Gasteiger charge is -2.27. The number of nitrogens with one attached hydrogen (secondary N) is 2. The Hall–Kier alpha value is -2.32. The van der Waals surface area contributed by atoms with E-state index in [1.807, 2.05) is 31.5 Å². The molecular formula is C24H24ClN4O2S. The van der Waals surface area contributed by atoms with Crippen molar-refractivity contribution in [2.45, 2.75) is 44.4 Å². The van der Waals surface area contributed by atoms with Crippen LogP contribution in [0.15, 0.2) is 36.8 Å². The molecule has 6 nitrogen and oxygen atoms in total. The zero-order valence-electron chi connectivity index (χ0n) is 17.6. The van der Waals surface area contributed by atoms with E-state index in [2.05, 4.69) is 26.7 Å². The lowest BCUT2D eigenvalue weighted by atomic mass is 9.90. The highest BCUT2D eigenvalue weighted by Crippen LogP contribution is 2.36. The number of anilines is 1. The predicted octanol–water partition coefficient (Wildman–Crippen LogP) is 4.11. The van der Waals surface area contributed by atoms with Crippen LogP contribution in [0.25, 0.3) is 0 Å². The molecule has 3 heterocycles. The van der Waals surface area contributed by atoms with E-state index in [1.54, 1.807) is 6.20 Å². The van der Waals surface area contributed by atoms with Gasteiger partial charge in [0.25, 0.3) is 0 Å². The number of fused-ring (bicyclic) bond motifs is 1. The second kappa shape index (κ2) is 8.90. The molecule has 3 aromatic rings. The molecule has 5 rings (SSSR count).